The molecule has 0 bridgehead atoms. The number of nitrogens with zero attached hydrogens (tertiary/aromatic N) is 3. The summed E-state index contributed by atoms with van der Waals surface area (Å²) in [5.41, 5.74) is -0.818. The molecule has 2 aliphatic rings. The van der Waals surface area contributed by atoms with Gasteiger partial charge in [0.25, 0.3) is 0 Å². The van der Waals surface area contributed by atoms with E-state index in [2.05, 4.69) is 9.88 Å². The number of halogens is 3. The van der Waals surface area contributed by atoms with Crippen LogP contribution in [0.15, 0.2) is 18.2 Å². The molecule has 7 heteroatoms. The Morgan fingerprint density at radius 1 is 1.18 bits per heavy atom. The molecule has 0 amide bonds. The number of morpholine rings is 1. The lowest BCUT2D eigenvalue weighted by atomic mass is 10.1. The van der Waals surface area contributed by atoms with Crippen molar-refractivity contribution in [3.05, 3.63) is 23.9 Å². The SMILES string of the molecule is FC(F)(F)c1cccc(N2CCC(CN3CCOCC3)C2)n1. The van der Waals surface area contributed by atoms with Gasteiger partial charge in [0.05, 0.1) is 13.2 Å². The number of ether oxygens (including phenoxy) is 1. The molecule has 0 saturated carbocycles. The van der Waals surface area contributed by atoms with E-state index in [0.29, 0.717) is 11.7 Å². The van der Waals surface area contributed by atoms with Crippen LogP contribution in [0.2, 0.25) is 0 Å². The van der Waals surface area contributed by atoms with E-state index in [0.717, 1.165) is 58.4 Å². The van der Waals surface area contributed by atoms with E-state index >= 15 is 0 Å². The second-order valence-corrected chi connectivity index (χ2v) is 5.89. The molecule has 0 aliphatic carbocycles. The van der Waals surface area contributed by atoms with E-state index < -0.39 is 11.9 Å². The van der Waals surface area contributed by atoms with E-state index in [1.807, 2.05) is 4.90 Å². The molecule has 3 heterocycles. The van der Waals surface area contributed by atoms with E-state index in [-0.39, 0.29) is 0 Å². The van der Waals surface area contributed by atoms with Crippen molar-refractivity contribution in [2.45, 2.75) is 12.6 Å². The van der Waals surface area contributed by atoms with Crippen molar-refractivity contribution in [2.75, 3.05) is 50.8 Å². The fraction of sp³-hybridized carbons (Fsp3) is 0.667. The van der Waals surface area contributed by atoms with Gasteiger partial charge < -0.3 is 9.64 Å². The molecular weight excluding hydrogens is 295 g/mol. The van der Waals surface area contributed by atoms with Crippen LogP contribution in [0.1, 0.15) is 12.1 Å². The minimum Gasteiger partial charge on any atom is -0.379 e. The molecule has 1 aromatic rings. The van der Waals surface area contributed by atoms with Gasteiger partial charge in [-0.05, 0) is 24.5 Å². The summed E-state index contributed by atoms with van der Waals surface area (Å²) in [6.45, 7) is 5.95. The van der Waals surface area contributed by atoms with Crippen LogP contribution in [0, 0.1) is 5.92 Å². The summed E-state index contributed by atoms with van der Waals surface area (Å²) in [7, 11) is 0. The maximum Gasteiger partial charge on any atom is 0.433 e. The Morgan fingerprint density at radius 3 is 2.68 bits per heavy atom. The van der Waals surface area contributed by atoms with Gasteiger partial charge in [-0.1, -0.05) is 6.07 Å². The van der Waals surface area contributed by atoms with Crippen LogP contribution in [0.4, 0.5) is 19.0 Å². The van der Waals surface area contributed by atoms with Gasteiger partial charge in [0.15, 0.2) is 0 Å². The Morgan fingerprint density at radius 2 is 1.95 bits per heavy atom. The van der Waals surface area contributed by atoms with E-state index in [1.54, 1.807) is 6.07 Å². The first-order valence-electron chi connectivity index (χ1n) is 7.62. The van der Waals surface area contributed by atoms with Crippen LogP contribution in [0.25, 0.3) is 0 Å². The Balaban J connectivity index is 1.60. The zero-order chi connectivity index (χ0) is 15.6. The number of pyridine rings is 1. The number of aromatic nitrogens is 1. The molecule has 2 saturated heterocycles. The summed E-state index contributed by atoms with van der Waals surface area (Å²) in [6.07, 6.45) is -3.39. The lowest BCUT2D eigenvalue weighted by Gasteiger charge is -2.29. The van der Waals surface area contributed by atoms with Crippen LogP contribution in [-0.2, 0) is 10.9 Å². The van der Waals surface area contributed by atoms with Crippen LogP contribution in [0.3, 0.4) is 0 Å². The van der Waals surface area contributed by atoms with Gasteiger partial charge in [0.2, 0.25) is 0 Å². The van der Waals surface area contributed by atoms with Crippen LogP contribution >= 0.6 is 0 Å². The summed E-state index contributed by atoms with van der Waals surface area (Å²) >= 11 is 0. The maximum atomic E-state index is 12.7. The molecule has 1 unspecified atom stereocenters. The van der Waals surface area contributed by atoms with Gasteiger partial charge >= 0.3 is 6.18 Å². The summed E-state index contributed by atoms with van der Waals surface area (Å²) in [5, 5.41) is 0. The van der Waals surface area contributed by atoms with Gasteiger partial charge in [-0.2, -0.15) is 13.2 Å². The molecule has 0 spiro atoms. The highest BCUT2D eigenvalue weighted by molar-refractivity contribution is 5.41. The second-order valence-electron chi connectivity index (χ2n) is 5.89. The van der Waals surface area contributed by atoms with Crippen molar-refractivity contribution in [1.82, 2.24) is 9.88 Å². The van der Waals surface area contributed by atoms with Gasteiger partial charge in [-0.15, -0.1) is 0 Å². The first kappa shape index (κ1) is 15.6. The number of rotatable bonds is 3. The molecule has 22 heavy (non-hydrogen) atoms. The molecule has 0 N–H and O–H groups in total. The summed E-state index contributed by atoms with van der Waals surface area (Å²) in [6, 6.07) is 4.11. The lowest BCUT2D eigenvalue weighted by Crippen LogP contribution is -2.39. The number of alkyl halides is 3. The monoisotopic (exact) mass is 315 g/mol. The van der Waals surface area contributed by atoms with Gasteiger partial charge in [0.1, 0.15) is 11.5 Å². The largest absolute Gasteiger partial charge is 0.433 e. The third-order valence-corrected chi connectivity index (χ3v) is 4.25. The standard InChI is InChI=1S/C15H20F3N3O/c16-15(17,18)13-2-1-3-14(19-13)21-5-4-12(11-21)10-20-6-8-22-9-7-20/h1-3,12H,4-11H2. The molecule has 2 fully saturated rings. The van der Waals surface area contributed by atoms with Crippen LogP contribution in [-0.4, -0.2) is 55.8 Å². The quantitative estimate of drug-likeness (QED) is 0.855. The molecule has 4 nitrogen and oxygen atoms in total. The molecule has 2 aliphatic heterocycles. The Bertz CT molecular complexity index is 503. The average molecular weight is 315 g/mol. The fourth-order valence-electron chi connectivity index (χ4n) is 3.10. The minimum atomic E-state index is -4.39. The number of hydrogen-bond acceptors (Lipinski definition) is 4. The smallest absolute Gasteiger partial charge is 0.379 e. The van der Waals surface area contributed by atoms with Crippen molar-refractivity contribution >= 4 is 5.82 Å². The molecule has 1 atom stereocenters. The predicted octanol–water partition coefficient (Wildman–Crippen LogP) is 2.26. The third kappa shape index (κ3) is 3.70. The van der Waals surface area contributed by atoms with Crippen molar-refractivity contribution in [3.63, 3.8) is 0 Å². The first-order chi connectivity index (χ1) is 10.5. The van der Waals surface area contributed by atoms with Crippen molar-refractivity contribution in [1.29, 1.82) is 0 Å². The summed E-state index contributed by atoms with van der Waals surface area (Å²) in [5.74, 6) is 0.911. The zero-order valence-electron chi connectivity index (χ0n) is 12.4. The maximum absolute atomic E-state index is 12.7. The van der Waals surface area contributed by atoms with E-state index in [4.69, 9.17) is 4.74 Å². The zero-order valence-corrected chi connectivity index (χ0v) is 12.4. The topological polar surface area (TPSA) is 28.6 Å². The highest BCUT2D eigenvalue weighted by Gasteiger charge is 2.33. The number of hydrogen-bond donors (Lipinski definition) is 0. The van der Waals surface area contributed by atoms with Crippen molar-refractivity contribution in [3.8, 4) is 0 Å². The van der Waals surface area contributed by atoms with Gasteiger partial charge in [0, 0.05) is 32.7 Å². The molecule has 122 valence electrons. The van der Waals surface area contributed by atoms with Crippen LogP contribution < -0.4 is 4.90 Å². The average Bonchev–Trinajstić information content (AvgIpc) is 2.96. The van der Waals surface area contributed by atoms with E-state index in [9.17, 15) is 13.2 Å². The summed E-state index contributed by atoms with van der Waals surface area (Å²) < 4.78 is 43.6. The molecular formula is C15H20F3N3O. The fourth-order valence-corrected chi connectivity index (χ4v) is 3.10. The van der Waals surface area contributed by atoms with Gasteiger partial charge in [-0.3, -0.25) is 4.90 Å². The van der Waals surface area contributed by atoms with E-state index in [1.165, 1.54) is 6.07 Å². The Hall–Kier alpha value is -1.34. The van der Waals surface area contributed by atoms with Crippen molar-refractivity contribution in [2.24, 2.45) is 5.92 Å². The normalized spacial score (nSPS) is 24.0. The predicted molar refractivity (Wildman–Crippen MR) is 76.8 cm³/mol. The van der Waals surface area contributed by atoms with Crippen LogP contribution in [0.5, 0.6) is 0 Å². The Labute approximate surface area is 127 Å². The highest BCUT2D eigenvalue weighted by atomic mass is 19.4. The lowest BCUT2D eigenvalue weighted by molar-refractivity contribution is -0.141. The second kappa shape index (κ2) is 6.42. The molecule has 1 aromatic heterocycles. The van der Waals surface area contributed by atoms with Crippen molar-refractivity contribution < 1.29 is 17.9 Å². The first-order valence-corrected chi connectivity index (χ1v) is 7.62. The van der Waals surface area contributed by atoms with Gasteiger partial charge in [-0.25, -0.2) is 4.98 Å². The third-order valence-electron chi connectivity index (χ3n) is 4.25. The molecule has 0 radical (unpaired) electrons. The Kier molecular flexibility index (Phi) is 4.54. The molecule has 3 rings (SSSR count). The minimum absolute atomic E-state index is 0.430. The summed E-state index contributed by atoms with van der Waals surface area (Å²) in [4.78, 5) is 8.11. The number of anilines is 1. The molecule has 0 aromatic carbocycles. The highest BCUT2D eigenvalue weighted by Crippen LogP contribution is 2.30.